The topological polar surface area (TPSA) is 32.3 Å². The molecule has 0 saturated carbocycles. The van der Waals surface area contributed by atoms with Crippen molar-refractivity contribution in [2.75, 3.05) is 13.1 Å². The van der Waals surface area contributed by atoms with Crippen LogP contribution in [0.1, 0.15) is 19.3 Å². The first-order valence-corrected chi connectivity index (χ1v) is 4.92. The second-order valence-electron chi connectivity index (χ2n) is 4.13. The van der Waals surface area contributed by atoms with E-state index in [0.717, 1.165) is 13.1 Å². The van der Waals surface area contributed by atoms with Gasteiger partial charge in [0.25, 0.3) is 0 Å². The Balaban J connectivity index is 1.94. The minimum Gasteiger partial charge on any atom is -0.338 e. The smallest absolute Gasteiger partial charge is 0.240 e. The van der Waals surface area contributed by atoms with Crippen molar-refractivity contribution in [2.45, 2.75) is 31.3 Å². The molecular weight excluding hydrogens is 152 g/mol. The van der Waals surface area contributed by atoms with Crippen molar-refractivity contribution in [3.8, 4) is 0 Å². The third-order valence-corrected chi connectivity index (χ3v) is 3.61. The lowest BCUT2D eigenvalue weighted by molar-refractivity contribution is -0.129. The molecule has 0 aromatic carbocycles. The molecule has 3 aliphatic rings. The van der Waals surface area contributed by atoms with Crippen molar-refractivity contribution in [3.05, 3.63) is 0 Å². The third kappa shape index (κ3) is 0.678. The van der Waals surface area contributed by atoms with Crippen LogP contribution in [0.5, 0.6) is 0 Å². The number of fused-ring (bicyclic) bond motifs is 3. The minimum absolute atomic E-state index is 0.190. The van der Waals surface area contributed by atoms with Crippen LogP contribution in [0.4, 0.5) is 0 Å². The average Bonchev–Trinajstić information content (AvgIpc) is 2.72. The molecule has 3 atom stereocenters. The van der Waals surface area contributed by atoms with Crippen molar-refractivity contribution in [3.63, 3.8) is 0 Å². The van der Waals surface area contributed by atoms with E-state index < -0.39 is 0 Å². The fourth-order valence-electron chi connectivity index (χ4n) is 3.10. The number of hydrogen-bond donors (Lipinski definition) is 1. The van der Waals surface area contributed by atoms with Crippen LogP contribution >= 0.6 is 0 Å². The van der Waals surface area contributed by atoms with E-state index in [2.05, 4.69) is 10.2 Å². The van der Waals surface area contributed by atoms with Crippen LogP contribution in [-0.4, -0.2) is 36.0 Å². The molecule has 0 aromatic rings. The van der Waals surface area contributed by atoms with E-state index in [0.29, 0.717) is 17.9 Å². The standard InChI is InChI=1S/C9H14N2O/c12-9-8-6(3-4-10-8)7-2-1-5-11(7)9/h6-8,10H,1-5H2/t6-,7+,8+/m0/s1. The van der Waals surface area contributed by atoms with Crippen LogP contribution in [0.15, 0.2) is 0 Å². The maximum Gasteiger partial charge on any atom is 0.240 e. The Hall–Kier alpha value is -0.570. The van der Waals surface area contributed by atoms with Crippen molar-refractivity contribution >= 4 is 5.91 Å². The highest BCUT2D eigenvalue weighted by molar-refractivity contribution is 5.86. The highest BCUT2D eigenvalue weighted by atomic mass is 16.2. The van der Waals surface area contributed by atoms with E-state index in [4.69, 9.17) is 0 Å². The number of amides is 1. The first kappa shape index (κ1) is 6.89. The zero-order valence-electron chi connectivity index (χ0n) is 7.12. The van der Waals surface area contributed by atoms with Gasteiger partial charge >= 0.3 is 0 Å². The number of rotatable bonds is 0. The van der Waals surface area contributed by atoms with E-state index in [-0.39, 0.29) is 6.04 Å². The fourth-order valence-corrected chi connectivity index (χ4v) is 3.10. The van der Waals surface area contributed by atoms with E-state index in [1.165, 1.54) is 19.3 Å². The average molecular weight is 166 g/mol. The molecule has 3 saturated heterocycles. The summed E-state index contributed by atoms with van der Waals surface area (Å²) in [5.74, 6) is 1.01. The van der Waals surface area contributed by atoms with E-state index in [1.807, 2.05) is 0 Å². The second kappa shape index (κ2) is 2.22. The first-order chi connectivity index (χ1) is 5.88. The molecule has 1 amide bonds. The second-order valence-corrected chi connectivity index (χ2v) is 4.13. The normalized spacial score (nSPS) is 45.2. The summed E-state index contributed by atoms with van der Waals surface area (Å²) in [5, 5.41) is 3.31. The van der Waals surface area contributed by atoms with Crippen LogP contribution in [0, 0.1) is 5.92 Å². The summed E-state index contributed by atoms with van der Waals surface area (Å²) in [5.41, 5.74) is 0. The van der Waals surface area contributed by atoms with Crippen molar-refractivity contribution in [2.24, 2.45) is 5.92 Å². The molecule has 3 aliphatic heterocycles. The van der Waals surface area contributed by atoms with Crippen molar-refractivity contribution in [1.82, 2.24) is 10.2 Å². The van der Waals surface area contributed by atoms with E-state index >= 15 is 0 Å². The molecule has 3 rings (SSSR count). The molecular formula is C9H14N2O. The Kier molecular flexibility index (Phi) is 1.28. The van der Waals surface area contributed by atoms with Gasteiger partial charge in [0.15, 0.2) is 0 Å². The summed E-state index contributed by atoms with van der Waals surface area (Å²) >= 11 is 0. The number of carbonyl (C=O) groups excluding carboxylic acids is 1. The van der Waals surface area contributed by atoms with Crippen LogP contribution in [0.25, 0.3) is 0 Å². The highest BCUT2D eigenvalue weighted by Gasteiger charge is 2.51. The molecule has 3 heterocycles. The summed E-state index contributed by atoms with van der Waals surface area (Å²) in [7, 11) is 0. The molecule has 0 unspecified atom stereocenters. The molecule has 0 aromatic heterocycles. The molecule has 12 heavy (non-hydrogen) atoms. The molecule has 1 N–H and O–H groups in total. The SMILES string of the molecule is O=C1[C@@H]2NCC[C@H]2[C@H]2CCCN12. The molecule has 3 fully saturated rings. The van der Waals surface area contributed by atoms with Gasteiger partial charge in [0, 0.05) is 18.5 Å². The van der Waals surface area contributed by atoms with Crippen LogP contribution in [0.2, 0.25) is 0 Å². The Morgan fingerprint density at radius 3 is 3.25 bits per heavy atom. The molecule has 66 valence electrons. The molecule has 0 aliphatic carbocycles. The number of hydrogen-bond acceptors (Lipinski definition) is 2. The van der Waals surface area contributed by atoms with Gasteiger partial charge in [0.2, 0.25) is 5.91 Å². The maximum atomic E-state index is 11.7. The molecule has 3 nitrogen and oxygen atoms in total. The number of nitrogens with one attached hydrogen (secondary N) is 1. The quantitative estimate of drug-likeness (QED) is 0.548. The Labute approximate surface area is 72.1 Å². The minimum atomic E-state index is 0.190. The van der Waals surface area contributed by atoms with Crippen LogP contribution in [0.3, 0.4) is 0 Å². The predicted octanol–water partition coefficient (Wildman–Crippen LogP) is -0.0309. The summed E-state index contributed by atoms with van der Waals surface area (Å²) in [6.07, 6.45) is 3.67. The van der Waals surface area contributed by atoms with Crippen LogP contribution < -0.4 is 5.32 Å². The van der Waals surface area contributed by atoms with E-state index in [1.54, 1.807) is 0 Å². The highest BCUT2D eigenvalue weighted by Crippen LogP contribution is 2.37. The van der Waals surface area contributed by atoms with Gasteiger partial charge in [-0.3, -0.25) is 4.79 Å². The summed E-state index contributed by atoms with van der Waals surface area (Å²) in [6, 6.07) is 0.785. The van der Waals surface area contributed by atoms with Gasteiger partial charge in [-0.25, -0.2) is 0 Å². The van der Waals surface area contributed by atoms with Crippen molar-refractivity contribution in [1.29, 1.82) is 0 Å². The van der Waals surface area contributed by atoms with Gasteiger partial charge in [-0.15, -0.1) is 0 Å². The fraction of sp³-hybridized carbons (Fsp3) is 0.889. The van der Waals surface area contributed by atoms with Gasteiger partial charge < -0.3 is 10.2 Å². The summed E-state index contributed by atoms with van der Waals surface area (Å²) in [6.45, 7) is 2.06. The van der Waals surface area contributed by atoms with Gasteiger partial charge in [0.05, 0.1) is 6.04 Å². The zero-order chi connectivity index (χ0) is 8.13. The first-order valence-electron chi connectivity index (χ1n) is 4.92. The Morgan fingerprint density at radius 1 is 1.42 bits per heavy atom. The molecule has 0 spiro atoms. The van der Waals surface area contributed by atoms with Gasteiger partial charge in [-0.05, 0) is 25.8 Å². The van der Waals surface area contributed by atoms with Crippen LogP contribution in [-0.2, 0) is 4.79 Å². The van der Waals surface area contributed by atoms with E-state index in [9.17, 15) is 4.79 Å². The maximum absolute atomic E-state index is 11.7. The lowest BCUT2D eigenvalue weighted by Crippen LogP contribution is -2.36. The predicted molar refractivity (Wildman–Crippen MR) is 44.6 cm³/mol. The van der Waals surface area contributed by atoms with Gasteiger partial charge in [-0.1, -0.05) is 0 Å². The summed E-state index contributed by atoms with van der Waals surface area (Å²) in [4.78, 5) is 13.8. The third-order valence-electron chi connectivity index (χ3n) is 3.61. The molecule has 0 bridgehead atoms. The van der Waals surface area contributed by atoms with Crippen molar-refractivity contribution < 1.29 is 4.79 Å². The monoisotopic (exact) mass is 166 g/mol. The lowest BCUT2D eigenvalue weighted by Gasteiger charge is -2.17. The lowest BCUT2D eigenvalue weighted by atomic mass is 9.95. The number of nitrogens with zero attached hydrogens (tertiary/aromatic N) is 1. The molecule has 3 heteroatoms. The molecule has 0 radical (unpaired) electrons. The Morgan fingerprint density at radius 2 is 2.33 bits per heavy atom. The zero-order valence-corrected chi connectivity index (χ0v) is 7.12. The van der Waals surface area contributed by atoms with Gasteiger partial charge in [-0.2, -0.15) is 0 Å². The Bertz CT molecular complexity index is 207. The summed E-state index contributed by atoms with van der Waals surface area (Å²) < 4.78 is 0. The largest absolute Gasteiger partial charge is 0.338 e. The number of carbonyl (C=O) groups is 1. The van der Waals surface area contributed by atoms with Gasteiger partial charge in [0.1, 0.15) is 0 Å².